The summed E-state index contributed by atoms with van der Waals surface area (Å²) in [5.41, 5.74) is 2.03. The minimum atomic E-state index is -0.932. The Morgan fingerprint density at radius 1 is 0.961 bits per heavy atom. The summed E-state index contributed by atoms with van der Waals surface area (Å²) in [4.78, 5) is 44.7. The number of aromatic nitrogens is 1. The molecule has 1 aliphatic heterocycles. The molecule has 0 radical (unpaired) electrons. The molecule has 5 rings (SSSR count). The molecule has 1 aromatic heterocycles. The molecule has 0 aliphatic carbocycles. The molecule has 0 N–H and O–H groups in total. The first kappa shape index (κ1) is 37.9. The van der Waals surface area contributed by atoms with Gasteiger partial charge in [-0.2, -0.15) is 0 Å². The Kier molecular flexibility index (Phi) is 12.5. The molecule has 51 heavy (non-hydrogen) atoms. The minimum absolute atomic E-state index is 0.118. The molecule has 11 nitrogen and oxygen atoms in total. The Hall–Kier alpha value is -4.30. The van der Waals surface area contributed by atoms with E-state index in [1.54, 1.807) is 75.4 Å². The van der Waals surface area contributed by atoms with E-state index in [0.29, 0.717) is 57.9 Å². The fourth-order valence-corrected chi connectivity index (χ4v) is 7.13. The number of methoxy groups -OCH3 is 2. The minimum Gasteiger partial charge on any atom is -0.493 e. The summed E-state index contributed by atoms with van der Waals surface area (Å²) in [5, 5.41) is 0.819. The summed E-state index contributed by atoms with van der Waals surface area (Å²) in [5.74, 6) is 0.235. The molecule has 0 spiro atoms. The number of carbonyl (C=O) groups is 2. The smallest absolute Gasteiger partial charge is 0.343 e. The number of ether oxygens (including phenoxy) is 6. The van der Waals surface area contributed by atoms with Crippen molar-refractivity contribution in [2.45, 2.75) is 33.4 Å². The molecule has 3 aromatic carbocycles. The molecule has 0 unspecified atom stereocenters. The number of allylic oxidation sites excluding steroid dienone is 1. The van der Waals surface area contributed by atoms with Gasteiger partial charge >= 0.3 is 11.9 Å². The zero-order chi connectivity index (χ0) is 36.8. The van der Waals surface area contributed by atoms with Crippen molar-refractivity contribution < 1.29 is 38.0 Å². The van der Waals surface area contributed by atoms with Crippen molar-refractivity contribution in [1.82, 2.24) is 4.57 Å². The van der Waals surface area contributed by atoms with Gasteiger partial charge in [0.1, 0.15) is 6.61 Å². The van der Waals surface area contributed by atoms with Crippen LogP contribution in [0.5, 0.6) is 23.0 Å². The normalized spacial score (nSPS) is 14.0. The maximum absolute atomic E-state index is 14.4. The van der Waals surface area contributed by atoms with E-state index >= 15 is 0 Å². The van der Waals surface area contributed by atoms with Crippen molar-refractivity contribution in [2.75, 3.05) is 34.0 Å². The van der Waals surface area contributed by atoms with Gasteiger partial charge in [-0.25, -0.2) is 14.6 Å². The molecule has 2 heterocycles. The summed E-state index contributed by atoms with van der Waals surface area (Å²) in [7, 11) is 2.78. The highest BCUT2D eigenvalue weighted by Crippen LogP contribution is 2.38. The highest BCUT2D eigenvalue weighted by molar-refractivity contribution is 9.10. The molecule has 1 aliphatic rings. The lowest BCUT2D eigenvalue weighted by atomic mass is 9.95. The molecule has 0 amide bonds. The molecule has 1 atom stereocenters. The van der Waals surface area contributed by atoms with E-state index in [9.17, 15) is 14.4 Å². The zero-order valence-corrected chi connectivity index (χ0v) is 32.1. The lowest BCUT2D eigenvalue weighted by Gasteiger charge is -2.25. The van der Waals surface area contributed by atoms with Crippen LogP contribution in [0.1, 0.15) is 43.5 Å². The fraction of sp³-hybridized carbons (Fsp3) is 0.278. The van der Waals surface area contributed by atoms with Crippen molar-refractivity contribution in [3.05, 3.63) is 111 Å². The molecule has 4 aromatic rings. The number of hydrogen-bond acceptors (Lipinski definition) is 11. The van der Waals surface area contributed by atoms with Gasteiger partial charge in [-0.3, -0.25) is 9.36 Å². The Morgan fingerprint density at radius 2 is 1.75 bits per heavy atom. The second-order valence-electron chi connectivity index (χ2n) is 10.9. The lowest BCUT2D eigenvalue weighted by molar-refractivity contribution is -0.143. The quantitative estimate of drug-likeness (QED) is 0.141. The first-order valence-electron chi connectivity index (χ1n) is 15.6. The van der Waals surface area contributed by atoms with Crippen LogP contribution in [0, 0.1) is 0 Å². The number of benzene rings is 3. The molecular weight excluding hydrogens is 787 g/mol. The van der Waals surface area contributed by atoms with Gasteiger partial charge in [0, 0.05) is 10.0 Å². The van der Waals surface area contributed by atoms with Crippen molar-refractivity contribution in [2.24, 2.45) is 4.99 Å². The highest BCUT2D eigenvalue weighted by atomic mass is 79.9. The summed E-state index contributed by atoms with van der Waals surface area (Å²) < 4.78 is 36.0. The number of halogens is 3. The number of thiazole rings is 1. The van der Waals surface area contributed by atoms with Crippen LogP contribution in [-0.4, -0.2) is 50.5 Å². The van der Waals surface area contributed by atoms with Gasteiger partial charge in [0.15, 0.2) is 34.4 Å². The largest absolute Gasteiger partial charge is 0.493 e. The van der Waals surface area contributed by atoms with Crippen LogP contribution >= 0.6 is 50.5 Å². The monoisotopic (exact) mass is 818 g/mol. The number of esters is 2. The fourth-order valence-electron chi connectivity index (χ4n) is 5.31. The van der Waals surface area contributed by atoms with E-state index in [1.165, 1.54) is 18.8 Å². The van der Waals surface area contributed by atoms with Crippen LogP contribution in [0.2, 0.25) is 10.0 Å². The van der Waals surface area contributed by atoms with Crippen molar-refractivity contribution in [1.29, 1.82) is 0 Å². The summed E-state index contributed by atoms with van der Waals surface area (Å²) in [6, 6.07) is 12.8. The predicted octanol–water partition coefficient (Wildman–Crippen LogP) is 6.41. The average Bonchev–Trinajstić information content (AvgIpc) is 3.41. The SMILES string of the molecule is CCOC(=O)C1=C(C)N=c2s/c(=C/c3cc(Br)cc(OC)c3OCc3ccc(Cl)c(Cl)c3)c(=O)n2[C@H]1c1ccc(OCC(=O)OC)c(OCC)c1. The van der Waals surface area contributed by atoms with Crippen LogP contribution in [0.3, 0.4) is 0 Å². The van der Waals surface area contributed by atoms with Gasteiger partial charge in [-0.15, -0.1) is 0 Å². The van der Waals surface area contributed by atoms with Crippen molar-refractivity contribution in [3.63, 3.8) is 0 Å². The Labute approximate surface area is 315 Å². The molecule has 0 saturated carbocycles. The van der Waals surface area contributed by atoms with E-state index in [1.807, 2.05) is 0 Å². The first-order valence-corrected chi connectivity index (χ1v) is 18.0. The maximum atomic E-state index is 14.4. The molecule has 268 valence electrons. The number of nitrogens with zero attached hydrogens (tertiary/aromatic N) is 2. The average molecular weight is 821 g/mol. The Balaban J connectivity index is 1.65. The number of fused-ring (bicyclic) bond motifs is 1. The number of hydrogen-bond donors (Lipinski definition) is 0. The zero-order valence-electron chi connectivity index (χ0n) is 28.2. The summed E-state index contributed by atoms with van der Waals surface area (Å²) in [6.07, 6.45) is 1.69. The van der Waals surface area contributed by atoms with E-state index in [0.717, 1.165) is 16.9 Å². The second-order valence-corrected chi connectivity index (χ2v) is 13.6. The molecule has 0 saturated heterocycles. The second kappa shape index (κ2) is 16.8. The predicted molar refractivity (Wildman–Crippen MR) is 197 cm³/mol. The van der Waals surface area contributed by atoms with Gasteiger partial charge in [-0.05, 0) is 74.4 Å². The standard InChI is InChI=1S/C36H33BrCl2N2O9S/c1-6-47-27-14-21(9-11-26(27)49-18-30(42)46-5)32-31(35(44)48-7-2)19(3)40-36-41(32)34(43)29(51-36)15-22-13-23(37)16-28(45-4)33(22)50-17-20-8-10-24(38)25(39)12-20/h8-16,32H,6-7,17-18H2,1-5H3/b29-15+/t32-/m0/s1. The lowest BCUT2D eigenvalue weighted by Crippen LogP contribution is -2.40. The van der Waals surface area contributed by atoms with E-state index < -0.39 is 23.5 Å². The van der Waals surface area contributed by atoms with Gasteiger partial charge < -0.3 is 28.4 Å². The molecule has 0 fully saturated rings. The topological polar surface area (TPSA) is 124 Å². The van der Waals surface area contributed by atoms with E-state index in [2.05, 4.69) is 20.9 Å². The number of rotatable bonds is 13. The van der Waals surface area contributed by atoms with Crippen molar-refractivity contribution >= 4 is 68.5 Å². The Morgan fingerprint density at radius 3 is 2.43 bits per heavy atom. The van der Waals surface area contributed by atoms with Gasteiger partial charge in [0.2, 0.25) is 0 Å². The summed E-state index contributed by atoms with van der Waals surface area (Å²) in [6.45, 7) is 5.40. The Bertz CT molecular complexity index is 2200. The van der Waals surface area contributed by atoms with Crippen LogP contribution < -0.4 is 33.8 Å². The maximum Gasteiger partial charge on any atom is 0.343 e. The van der Waals surface area contributed by atoms with E-state index in [-0.39, 0.29) is 37.8 Å². The highest BCUT2D eigenvalue weighted by Gasteiger charge is 2.34. The van der Waals surface area contributed by atoms with Crippen LogP contribution in [0.25, 0.3) is 6.08 Å². The van der Waals surface area contributed by atoms with Gasteiger partial charge in [-0.1, -0.05) is 62.6 Å². The molecule has 0 bridgehead atoms. The molecule has 15 heteroatoms. The number of carbonyl (C=O) groups excluding carboxylic acids is 2. The third kappa shape index (κ3) is 8.44. The van der Waals surface area contributed by atoms with Crippen LogP contribution in [0.4, 0.5) is 0 Å². The van der Waals surface area contributed by atoms with Crippen LogP contribution in [-0.2, 0) is 25.7 Å². The van der Waals surface area contributed by atoms with Crippen molar-refractivity contribution in [3.8, 4) is 23.0 Å². The third-order valence-electron chi connectivity index (χ3n) is 7.60. The molecular formula is C36H33BrCl2N2O9S. The third-order valence-corrected chi connectivity index (χ3v) is 9.78. The summed E-state index contributed by atoms with van der Waals surface area (Å²) >= 11 is 17.0. The first-order chi connectivity index (χ1) is 24.5. The van der Waals surface area contributed by atoms with Gasteiger partial charge in [0.25, 0.3) is 5.56 Å². The van der Waals surface area contributed by atoms with Crippen LogP contribution in [0.15, 0.2) is 74.1 Å². The van der Waals surface area contributed by atoms with E-state index in [4.69, 9.17) is 51.6 Å². The van der Waals surface area contributed by atoms with Gasteiger partial charge in [0.05, 0.1) is 59.3 Å².